The van der Waals surface area contributed by atoms with Gasteiger partial charge in [0.05, 0.1) is 35.6 Å². The molecule has 0 atom stereocenters. The Labute approximate surface area is 222 Å². The number of anilines is 1. The number of nitriles is 1. The van der Waals surface area contributed by atoms with Crippen molar-refractivity contribution < 1.29 is 24.0 Å². The van der Waals surface area contributed by atoms with E-state index in [2.05, 4.69) is 24.9 Å². The molecule has 0 saturated heterocycles. The molecule has 0 saturated carbocycles. The minimum absolute atomic E-state index is 0.0428. The smallest absolute Gasteiger partial charge is 0.327 e. The molecule has 196 valence electrons. The first-order valence-corrected chi connectivity index (χ1v) is 12.5. The van der Waals surface area contributed by atoms with E-state index in [1.54, 1.807) is 24.4 Å². The van der Waals surface area contributed by atoms with Crippen LogP contribution in [0.3, 0.4) is 0 Å². The number of β-amino-alcohol motifs (C(OH)–C–C–N with tert-alkyl or cyclic N) is 1. The van der Waals surface area contributed by atoms with Crippen LogP contribution in [0.25, 0.3) is 0 Å². The molecule has 2 aromatic rings. The monoisotopic (exact) mass is 515 g/mol. The maximum absolute atomic E-state index is 14.1. The van der Waals surface area contributed by atoms with E-state index in [0.29, 0.717) is 12.1 Å². The second kappa shape index (κ2) is 10.3. The first-order valence-electron chi connectivity index (χ1n) is 12.5. The number of fused-ring (bicyclic) bond motifs is 2. The summed E-state index contributed by atoms with van der Waals surface area (Å²) in [5.41, 5.74) is 3.71. The summed E-state index contributed by atoms with van der Waals surface area (Å²) in [4.78, 5) is 17.7. The van der Waals surface area contributed by atoms with E-state index < -0.39 is 11.4 Å². The zero-order valence-corrected chi connectivity index (χ0v) is 22.1. The molecule has 2 aliphatic heterocycles. The number of carbonyl (C=O) groups is 1. The van der Waals surface area contributed by atoms with Crippen molar-refractivity contribution in [2.45, 2.75) is 44.9 Å². The highest BCUT2D eigenvalue weighted by Crippen LogP contribution is 2.48. The van der Waals surface area contributed by atoms with Crippen LogP contribution in [-0.4, -0.2) is 51.1 Å². The van der Waals surface area contributed by atoms with Crippen molar-refractivity contribution in [1.82, 2.24) is 4.98 Å². The van der Waals surface area contributed by atoms with Crippen LogP contribution in [0.15, 0.2) is 72.1 Å². The van der Waals surface area contributed by atoms with Crippen LogP contribution in [-0.2, 0) is 15.6 Å². The van der Waals surface area contributed by atoms with Crippen molar-refractivity contribution in [3.8, 4) is 6.07 Å². The van der Waals surface area contributed by atoms with E-state index in [1.165, 1.54) is 12.1 Å². The third-order valence-electron chi connectivity index (χ3n) is 7.34. The first kappa shape index (κ1) is 27.0. The largest absolute Gasteiger partial charge is 0.481 e. The Bertz CT molecular complexity index is 1440. The van der Waals surface area contributed by atoms with Gasteiger partial charge in [0.15, 0.2) is 0 Å². The lowest BCUT2D eigenvalue weighted by Crippen LogP contribution is -2.28. The van der Waals surface area contributed by atoms with E-state index in [4.69, 9.17) is 0 Å². The molecule has 0 radical (unpaired) electrons. The summed E-state index contributed by atoms with van der Waals surface area (Å²) in [5, 5.41) is 28.9. The van der Waals surface area contributed by atoms with Gasteiger partial charge in [-0.3, -0.25) is 4.79 Å². The van der Waals surface area contributed by atoms with Crippen LogP contribution >= 0.6 is 0 Å². The summed E-state index contributed by atoms with van der Waals surface area (Å²) in [5.74, 6) is -0.484. The van der Waals surface area contributed by atoms with Gasteiger partial charge in [0.2, 0.25) is 0 Å². The molecule has 0 fully saturated rings. The molecule has 0 aliphatic carbocycles. The number of allylic oxidation sites excluding steroid dienone is 6. The highest BCUT2D eigenvalue weighted by molar-refractivity contribution is 6.03. The number of carboxylic acid groups (broad SMARTS) is 1. The van der Waals surface area contributed by atoms with Crippen molar-refractivity contribution in [2.75, 3.05) is 24.6 Å². The SMILES string of the molecule is CC1(C)C(=CC=C(C#N)C=CC2=[N+](CCO)c3ncccc3C2(C)C)N(CCC(=O)O)c2ccc(F)cc21. The van der Waals surface area contributed by atoms with Gasteiger partial charge in [-0.1, -0.05) is 13.8 Å². The van der Waals surface area contributed by atoms with Crippen molar-refractivity contribution in [3.05, 3.63) is 89.0 Å². The zero-order chi connectivity index (χ0) is 27.7. The number of nitrogens with zero attached hydrogens (tertiary/aromatic N) is 4. The normalized spacial score (nSPS) is 18.7. The highest BCUT2D eigenvalue weighted by Gasteiger charge is 2.43. The fraction of sp³-hybridized carbons (Fsp3) is 0.333. The Morgan fingerprint density at radius 3 is 2.66 bits per heavy atom. The van der Waals surface area contributed by atoms with Gasteiger partial charge in [0, 0.05) is 23.3 Å². The number of halogens is 1. The van der Waals surface area contributed by atoms with Gasteiger partial charge in [-0.2, -0.15) is 5.26 Å². The Morgan fingerprint density at radius 1 is 1.21 bits per heavy atom. The molecule has 1 aromatic carbocycles. The van der Waals surface area contributed by atoms with E-state index in [1.807, 2.05) is 47.6 Å². The standard InChI is InChI=1S/C30H31FN4O3/c1-29(2)22-6-5-14-33-28(22)35(16-17-36)26(29)12-8-20(19-32)7-11-25-30(3,4)23-18-21(31)9-10-24(23)34(25)15-13-27(37)38/h5-12,14,18,36H,13,15-17H2,1-4H3/p+1. The number of aliphatic carboxylic acids is 1. The maximum atomic E-state index is 14.1. The topological polar surface area (TPSA) is 100 Å². The predicted octanol–water partition coefficient (Wildman–Crippen LogP) is 4.75. The van der Waals surface area contributed by atoms with Gasteiger partial charge in [0.25, 0.3) is 0 Å². The van der Waals surface area contributed by atoms with Crippen LogP contribution < -0.4 is 4.90 Å². The minimum atomic E-state index is -0.923. The Balaban J connectivity index is 1.73. The van der Waals surface area contributed by atoms with Crippen molar-refractivity contribution in [1.29, 1.82) is 5.26 Å². The Kier molecular flexibility index (Phi) is 7.34. The number of benzene rings is 1. The number of hydrogen-bond donors (Lipinski definition) is 2. The number of hydrogen-bond acceptors (Lipinski definition) is 5. The van der Waals surface area contributed by atoms with Gasteiger partial charge in [-0.05, 0) is 79.0 Å². The van der Waals surface area contributed by atoms with Crippen LogP contribution in [0, 0.1) is 17.1 Å². The lowest BCUT2D eigenvalue weighted by molar-refractivity contribution is -0.445. The summed E-state index contributed by atoms with van der Waals surface area (Å²) >= 11 is 0. The lowest BCUT2D eigenvalue weighted by atomic mass is 9.82. The summed E-state index contributed by atoms with van der Waals surface area (Å²) < 4.78 is 16.1. The fourth-order valence-corrected chi connectivity index (χ4v) is 5.38. The van der Waals surface area contributed by atoms with E-state index in [0.717, 1.165) is 34.0 Å². The molecule has 1 aromatic heterocycles. The first-order chi connectivity index (χ1) is 18.0. The van der Waals surface area contributed by atoms with Crippen LogP contribution in [0.2, 0.25) is 0 Å². The minimum Gasteiger partial charge on any atom is -0.481 e. The average Bonchev–Trinajstić information content (AvgIpc) is 3.21. The van der Waals surface area contributed by atoms with Gasteiger partial charge in [0.1, 0.15) is 24.3 Å². The fourth-order valence-electron chi connectivity index (χ4n) is 5.38. The summed E-state index contributed by atoms with van der Waals surface area (Å²) in [6.07, 6.45) is 8.78. The van der Waals surface area contributed by atoms with Gasteiger partial charge in [-0.25, -0.2) is 8.97 Å². The third kappa shape index (κ3) is 4.77. The summed E-state index contributed by atoms with van der Waals surface area (Å²) in [6, 6.07) is 10.7. The van der Waals surface area contributed by atoms with Crippen molar-refractivity contribution >= 4 is 23.2 Å². The van der Waals surface area contributed by atoms with E-state index in [-0.39, 0.29) is 30.8 Å². The summed E-state index contributed by atoms with van der Waals surface area (Å²) in [6.45, 7) is 8.65. The second-order valence-corrected chi connectivity index (χ2v) is 10.5. The number of aliphatic hydroxyl groups excluding tert-OH is 1. The van der Waals surface area contributed by atoms with E-state index >= 15 is 0 Å². The van der Waals surface area contributed by atoms with Crippen molar-refractivity contribution in [3.63, 3.8) is 0 Å². The lowest BCUT2D eigenvalue weighted by Gasteiger charge is -2.26. The number of pyridine rings is 1. The molecule has 0 unspecified atom stereocenters. The summed E-state index contributed by atoms with van der Waals surface area (Å²) in [7, 11) is 0. The Hall–Kier alpha value is -4.09. The predicted molar refractivity (Wildman–Crippen MR) is 144 cm³/mol. The van der Waals surface area contributed by atoms with Crippen LogP contribution in [0.1, 0.15) is 45.2 Å². The molecule has 3 heterocycles. The number of rotatable bonds is 8. The highest BCUT2D eigenvalue weighted by atomic mass is 19.1. The molecule has 0 amide bonds. The van der Waals surface area contributed by atoms with Crippen LogP contribution in [0.4, 0.5) is 15.9 Å². The molecule has 38 heavy (non-hydrogen) atoms. The molecule has 0 spiro atoms. The number of carboxylic acids is 1. The molecular weight excluding hydrogens is 483 g/mol. The van der Waals surface area contributed by atoms with Gasteiger partial charge in [-0.15, -0.1) is 0 Å². The Morgan fingerprint density at radius 2 is 1.97 bits per heavy atom. The molecule has 8 heteroatoms. The molecule has 2 aliphatic rings. The maximum Gasteiger partial charge on any atom is 0.327 e. The van der Waals surface area contributed by atoms with Gasteiger partial charge < -0.3 is 15.1 Å². The molecule has 7 nitrogen and oxygen atoms in total. The average molecular weight is 516 g/mol. The second-order valence-electron chi connectivity index (χ2n) is 10.5. The van der Waals surface area contributed by atoms with E-state index in [9.17, 15) is 24.7 Å². The number of aromatic nitrogens is 1. The molecule has 4 rings (SSSR count). The van der Waals surface area contributed by atoms with Crippen LogP contribution in [0.5, 0.6) is 0 Å². The van der Waals surface area contributed by atoms with Gasteiger partial charge >= 0.3 is 11.8 Å². The zero-order valence-electron chi connectivity index (χ0n) is 22.1. The molecule has 2 N–H and O–H groups in total. The van der Waals surface area contributed by atoms with Crippen molar-refractivity contribution in [2.24, 2.45) is 0 Å². The third-order valence-corrected chi connectivity index (χ3v) is 7.34. The molecular formula is C30H32FN4O3+. The quantitative estimate of drug-likeness (QED) is 0.299. The molecule has 0 bridgehead atoms. The number of aliphatic hydroxyl groups is 1.